The lowest BCUT2D eigenvalue weighted by Gasteiger charge is -2.05. The minimum Gasteiger partial charge on any atom is -1.00 e. The molecule has 0 atom stereocenters. The van der Waals surface area contributed by atoms with Crippen LogP contribution in [-0.4, -0.2) is 4.57 Å². The van der Waals surface area contributed by atoms with E-state index in [9.17, 15) is 0 Å². The second-order valence-corrected chi connectivity index (χ2v) is 3.74. The molecule has 15 heavy (non-hydrogen) atoms. The van der Waals surface area contributed by atoms with Gasteiger partial charge in [-0.25, -0.2) is 0 Å². The molecule has 3 heteroatoms. The summed E-state index contributed by atoms with van der Waals surface area (Å²) in [5.74, 6) is 0. The van der Waals surface area contributed by atoms with Crippen molar-refractivity contribution in [1.82, 2.24) is 4.57 Å². The molecule has 0 aliphatic carbocycles. The van der Waals surface area contributed by atoms with E-state index in [2.05, 4.69) is 11.5 Å². The van der Waals surface area contributed by atoms with Crippen molar-refractivity contribution < 1.29 is 24.0 Å². The standard InChI is InChI=1S/C12H20N2.HI/c1-2-3-4-5-6-9-14-10-7-12(13)8-11-14;/h7-8,10-11,13H,2-6,9H2,1H3;1H/p-1. The maximum absolute atomic E-state index is 7.35. The molecule has 1 N–H and O–H groups in total. The topological polar surface area (TPSA) is 28.8 Å². The monoisotopic (exact) mass is 319 g/mol. The average Bonchev–Trinajstić information content (AvgIpc) is 2.21. The minimum atomic E-state index is 0. The maximum Gasteiger partial charge on any atom is 0.0568 e. The van der Waals surface area contributed by atoms with Crippen LogP contribution in [0.1, 0.15) is 39.0 Å². The van der Waals surface area contributed by atoms with Gasteiger partial charge in [0, 0.05) is 18.9 Å². The largest absolute Gasteiger partial charge is 1.00 e. The molecule has 0 aromatic carbocycles. The summed E-state index contributed by atoms with van der Waals surface area (Å²) < 4.78 is 2.16. The van der Waals surface area contributed by atoms with Crippen LogP contribution in [0, 0.1) is 5.41 Å². The Balaban J connectivity index is 0.00000196. The number of aryl methyl sites for hydroxylation is 1. The number of nitrogens with one attached hydrogen (secondary N) is 1. The van der Waals surface area contributed by atoms with Crippen LogP contribution in [-0.2, 0) is 6.54 Å². The Hall–Kier alpha value is -0.320. The van der Waals surface area contributed by atoms with E-state index in [-0.39, 0.29) is 24.0 Å². The predicted molar refractivity (Wildman–Crippen MR) is 59.0 cm³/mol. The lowest BCUT2D eigenvalue weighted by atomic mass is 10.1. The fourth-order valence-electron chi connectivity index (χ4n) is 1.50. The molecule has 0 bridgehead atoms. The van der Waals surface area contributed by atoms with Gasteiger partial charge in [-0.3, -0.25) is 0 Å². The number of hydrogen-bond donors (Lipinski definition) is 1. The molecule has 0 unspecified atom stereocenters. The highest BCUT2D eigenvalue weighted by atomic mass is 127. The van der Waals surface area contributed by atoms with Gasteiger partial charge in [-0.1, -0.05) is 32.6 Å². The molecular weight excluding hydrogens is 299 g/mol. The third-order valence-electron chi connectivity index (χ3n) is 2.41. The molecule has 0 amide bonds. The highest BCUT2D eigenvalue weighted by molar-refractivity contribution is 4.90. The lowest BCUT2D eigenvalue weighted by Crippen LogP contribution is -3.00. The van der Waals surface area contributed by atoms with Crippen molar-refractivity contribution in [3.8, 4) is 0 Å². The van der Waals surface area contributed by atoms with Gasteiger partial charge in [0.05, 0.1) is 5.36 Å². The van der Waals surface area contributed by atoms with Gasteiger partial charge >= 0.3 is 0 Å². The molecule has 0 radical (unpaired) electrons. The molecule has 1 aromatic rings. The number of unbranched alkanes of at least 4 members (excludes halogenated alkanes) is 4. The molecule has 0 saturated heterocycles. The second kappa shape index (κ2) is 8.95. The number of rotatable bonds is 6. The van der Waals surface area contributed by atoms with E-state index in [1.807, 2.05) is 24.5 Å². The maximum atomic E-state index is 7.35. The molecule has 1 heterocycles. The molecule has 1 aromatic heterocycles. The molecule has 0 fully saturated rings. The summed E-state index contributed by atoms with van der Waals surface area (Å²) in [6.45, 7) is 3.33. The van der Waals surface area contributed by atoms with Crippen molar-refractivity contribution in [2.75, 3.05) is 0 Å². The van der Waals surface area contributed by atoms with Gasteiger partial charge < -0.3 is 34.0 Å². The lowest BCUT2D eigenvalue weighted by molar-refractivity contribution is -0.00000330. The van der Waals surface area contributed by atoms with E-state index < -0.39 is 0 Å². The van der Waals surface area contributed by atoms with Gasteiger partial charge in [0.15, 0.2) is 0 Å². The first-order chi connectivity index (χ1) is 6.83. The molecule has 0 spiro atoms. The fraction of sp³-hybridized carbons (Fsp3) is 0.583. The second-order valence-electron chi connectivity index (χ2n) is 3.74. The van der Waals surface area contributed by atoms with Crippen LogP contribution in [0.5, 0.6) is 0 Å². The van der Waals surface area contributed by atoms with Crippen molar-refractivity contribution in [3.63, 3.8) is 0 Å². The Morgan fingerprint density at radius 3 is 2.27 bits per heavy atom. The van der Waals surface area contributed by atoms with Crippen molar-refractivity contribution in [1.29, 1.82) is 5.41 Å². The van der Waals surface area contributed by atoms with Crippen molar-refractivity contribution in [2.24, 2.45) is 0 Å². The van der Waals surface area contributed by atoms with Gasteiger partial charge in [-0.2, -0.15) is 0 Å². The van der Waals surface area contributed by atoms with Gasteiger partial charge in [-0.15, -0.1) is 0 Å². The summed E-state index contributed by atoms with van der Waals surface area (Å²) in [5, 5.41) is 7.94. The van der Waals surface area contributed by atoms with E-state index >= 15 is 0 Å². The Kier molecular flexibility index (Phi) is 8.76. The molecule has 1 rings (SSSR count). The quantitative estimate of drug-likeness (QED) is 0.562. The zero-order valence-corrected chi connectivity index (χ0v) is 11.5. The highest BCUT2D eigenvalue weighted by Gasteiger charge is 1.90. The number of hydrogen-bond acceptors (Lipinski definition) is 1. The zero-order chi connectivity index (χ0) is 10.2. The van der Waals surface area contributed by atoms with E-state index in [1.54, 1.807) is 0 Å². The van der Waals surface area contributed by atoms with Crippen molar-refractivity contribution in [3.05, 3.63) is 29.9 Å². The SMILES string of the molecule is CCCCCCCn1ccc(=N)cc1.[I-]. The smallest absolute Gasteiger partial charge is 0.0568 e. The zero-order valence-electron chi connectivity index (χ0n) is 9.38. The number of pyridine rings is 1. The number of aromatic nitrogens is 1. The van der Waals surface area contributed by atoms with Crippen LogP contribution in [0.3, 0.4) is 0 Å². The Morgan fingerprint density at radius 2 is 1.67 bits per heavy atom. The molecule has 86 valence electrons. The first-order valence-electron chi connectivity index (χ1n) is 5.53. The third-order valence-corrected chi connectivity index (χ3v) is 2.41. The first kappa shape index (κ1) is 14.7. The van der Waals surface area contributed by atoms with Crippen molar-refractivity contribution in [2.45, 2.75) is 45.6 Å². The van der Waals surface area contributed by atoms with Gasteiger partial charge in [0.2, 0.25) is 0 Å². The van der Waals surface area contributed by atoms with Crippen LogP contribution >= 0.6 is 0 Å². The van der Waals surface area contributed by atoms with E-state index in [0.29, 0.717) is 5.36 Å². The Morgan fingerprint density at radius 1 is 1.07 bits per heavy atom. The van der Waals surface area contributed by atoms with Crippen molar-refractivity contribution >= 4 is 0 Å². The van der Waals surface area contributed by atoms with Crippen LogP contribution < -0.4 is 29.3 Å². The first-order valence-corrected chi connectivity index (χ1v) is 5.53. The van der Waals surface area contributed by atoms with Gasteiger partial charge in [0.25, 0.3) is 0 Å². The summed E-state index contributed by atoms with van der Waals surface area (Å²) in [7, 11) is 0. The molecule has 0 aliphatic rings. The summed E-state index contributed by atoms with van der Waals surface area (Å²) >= 11 is 0. The minimum absolute atomic E-state index is 0. The van der Waals surface area contributed by atoms with Crippen LogP contribution in [0.2, 0.25) is 0 Å². The van der Waals surface area contributed by atoms with Gasteiger partial charge in [0.1, 0.15) is 0 Å². The Bertz CT molecular complexity index is 286. The van der Waals surface area contributed by atoms with E-state index in [0.717, 1.165) is 6.54 Å². The average molecular weight is 319 g/mol. The van der Waals surface area contributed by atoms with E-state index in [4.69, 9.17) is 5.41 Å². The fourth-order valence-corrected chi connectivity index (χ4v) is 1.50. The summed E-state index contributed by atoms with van der Waals surface area (Å²) in [5.41, 5.74) is 0. The van der Waals surface area contributed by atoms with Crippen LogP contribution in [0.15, 0.2) is 24.5 Å². The van der Waals surface area contributed by atoms with Crippen LogP contribution in [0.4, 0.5) is 0 Å². The number of nitrogens with zero attached hydrogens (tertiary/aromatic N) is 1. The Labute approximate surface area is 109 Å². The molecule has 0 saturated carbocycles. The molecule has 0 aliphatic heterocycles. The third kappa shape index (κ3) is 6.71. The number of halogens is 1. The van der Waals surface area contributed by atoms with E-state index in [1.165, 1.54) is 32.1 Å². The van der Waals surface area contributed by atoms with Gasteiger partial charge in [-0.05, 0) is 18.6 Å². The summed E-state index contributed by atoms with van der Waals surface area (Å²) in [6.07, 6.45) is 10.6. The highest BCUT2D eigenvalue weighted by Crippen LogP contribution is 2.03. The summed E-state index contributed by atoms with van der Waals surface area (Å²) in [4.78, 5) is 0. The normalized spacial score (nSPS) is 9.67. The molecule has 2 nitrogen and oxygen atoms in total. The van der Waals surface area contributed by atoms with Crippen LogP contribution in [0.25, 0.3) is 0 Å². The predicted octanol–water partition coefficient (Wildman–Crippen LogP) is -0.0580. The summed E-state index contributed by atoms with van der Waals surface area (Å²) in [6, 6.07) is 3.68. The molecular formula is C12H20IN2-.